The predicted molar refractivity (Wildman–Crippen MR) is 95.2 cm³/mol. The van der Waals surface area contributed by atoms with E-state index in [4.69, 9.17) is 9.84 Å². The first-order valence-corrected chi connectivity index (χ1v) is 8.56. The van der Waals surface area contributed by atoms with E-state index >= 15 is 0 Å². The summed E-state index contributed by atoms with van der Waals surface area (Å²) in [6.45, 7) is -1.01. The third-order valence-electron chi connectivity index (χ3n) is 3.15. The minimum Gasteiger partial charge on any atom is -0.480 e. The molecule has 1 saturated heterocycles. The molecule has 0 spiro atoms. The molecule has 1 aliphatic heterocycles. The summed E-state index contributed by atoms with van der Waals surface area (Å²) in [6.07, 6.45) is 1.39. The molecule has 0 bridgehead atoms. The molecular weight excluding hydrogens is 480 g/mol. The molecule has 0 atom stereocenters. The van der Waals surface area contributed by atoms with Crippen LogP contribution in [0.15, 0.2) is 26.8 Å². The van der Waals surface area contributed by atoms with Gasteiger partial charge in [-0.2, -0.15) is 0 Å². The van der Waals surface area contributed by atoms with Crippen LogP contribution >= 0.6 is 31.9 Å². The minimum atomic E-state index is -1.30. The number of urea groups is 1. The SMILES string of the molecule is COC(=O)COc1c(Br)cc(/C=C2/NC(=O)N(CC(=O)O)C2=O)cc1Br. The van der Waals surface area contributed by atoms with Crippen LogP contribution in [0.1, 0.15) is 5.56 Å². The molecule has 3 amide bonds. The van der Waals surface area contributed by atoms with Crippen molar-refractivity contribution in [2.24, 2.45) is 0 Å². The number of halogens is 2. The number of methoxy groups -OCH3 is 1. The smallest absolute Gasteiger partial charge is 0.343 e. The number of imide groups is 1. The Bertz CT molecular complexity index is 799. The monoisotopic (exact) mass is 490 g/mol. The van der Waals surface area contributed by atoms with Gasteiger partial charge in [-0.3, -0.25) is 9.59 Å². The average Bonchev–Trinajstić information content (AvgIpc) is 2.81. The molecule has 26 heavy (non-hydrogen) atoms. The zero-order valence-corrected chi connectivity index (χ0v) is 16.4. The molecule has 1 fully saturated rings. The van der Waals surface area contributed by atoms with E-state index in [0.29, 0.717) is 25.2 Å². The van der Waals surface area contributed by atoms with Gasteiger partial charge in [0.25, 0.3) is 5.91 Å². The summed E-state index contributed by atoms with van der Waals surface area (Å²) in [7, 11) is 1.24. The van der Waals surface area contributed by atoms with Crippen LogP contribution in [0.5, 0.6) is 5.75 Å². The highest BCUT2D eigenvalue weighted by Crippen LogP contribution is 2.35. The summed E-state index contributed by atoms with van der Waals surface area (Å²) in [5.41, 5.74) is 0.466. The number of nitrogens with one attached hydrogen (secondary N) is 1. The van der Waals surface area contributed by atoms with Gasteiger partial charge in [0.2, 0.25) is 0 Å². The summed E-state index contributed by atoms with van der Waals surface area (Å²) >= 11 is 6.59. The Morgan fingerprint density at radius 1 is 1.27 bits per heavy atom. The van der Waals surface area contributed by atoms with Crippen molar-refractivity contribution >= 4 is 61.8 Å². The Morgan fingerprint density at radius 2 is 1.88 bits per heavy atom. The second kappa shape index (κ2) is 8.32. The van der Waals surface area contributed by atoms with Gasteiger partial charge in [-0.15, -0.1) is 0 Å². The summed E-state index contributed by atoms with van der Waals surface area (Å²) in [4.78, 5) is 46.3. The van der Waals surface area contributed by atoms with E-state index in [1.165, 1.54) is 13.2 Å². The average molecular weight is 492 g/mol. The lowest BCUT2D eigenvalue weighted by atomic mass is 10.2. The number of carboxylic acid groups (broad SMARTS) is 1. The van der Waals surface area contributed by atoms with Crippen LogP contribution in [0.3, 0.4) is 0 Å². The van der Waals surface area contributed by atoms with Gasteiger partial charge in [-0.1, -0.05) is 0 Å². The van der Waals surface area contributed by atoms with Crippen LogP contribution in [0.4, 0.5) is 4.79 Å². The molecule has 0 unspecified atom stereocenters. The summed E-state index contributed by atoms with van der Waals surface area (Å²) < 4.78 is 10.8. The number of amides is 3. The molecule has 0 aliphatic carbocycles. The number of ether oxygens (including phenoxy) is 2. The van der Waals surface area contributed by atoms with Crippen molar-refractivity contribution in [2.75, 3.05) is 20.3 Å². The first kappa shape index (κ1) is 19.9. The van der Waals surface area contributed by atoms with Gasteiger partial charge >= 0.3 is 18.0 Å². The Kier molecular flexibility index (Phi) is 6.37. The first-order chi connectivity index (χ1) is 12.2. The molecule has 138 valence electrons. The Hall–Kier alpha value is -2.40. The van der Waals surface area contributed by atoms with Crippen molar-refractivity contribution in [3.63, 3.8) is 0 Å². The van der Waals surface area contributed by atoms with Gasteiger partial charge in [-0.05, 0) is 55.6 Å². The number of carboxylic acids is 1. The third-order valence-corrected chi connectivity index (χ3v) is 4.33. The van der Waals surface area contributed by atoms with Crippen LogP contribution in [-0.4, -0.2) is 54.1 Å². The number of esters is 1. The van der Waals surface area contributed by atoms with Crippen LogP contribution in [0.25, 0.3) is 6.08 Å². The van der Waals surface area contributed by atoms with Crippen molar-refractivity contribution in [1.82, 2.24) is 10.2 Å². The van der Waals surface area contributed by atoms with Crippen molar-refractivity contribution in [3.8, 4) is 5.75 Å². The molecule has 9 nitrogen and oxygen atoms in total. The first-order valence-electron chi connectivity index (χ1n) is 6.98. The fourth-order valence-electron chi connectivity index (χ4n) is 2.01. The lowest BCUT2D eigenvalue weighted by Crippen LogP contribution is -2.35. The fraction of sp³-hybridized carbons (Fsp3) is 0.200. The van der Waals surface area contributed by atoms with Gasteiger partial charge in [0.15, 0.2) is 6.61 Å². The number of hydrogen-bond acceptors (Lipinski definition) is 6. The molecule has 1 heterocycles. The maximum atomic E-state index is 12.1. The number of carbonyl (C=O) groups is 4. The minimum absolute atomic E-state index is 0.0571. The quantitative estimate of drug-likeness (QED) is 0.353. The third kappa shape index (κ3) is 4.61. The largest absolute Gasteiger partial charge is 0.480 e. The Labute approximate surface area is 164 Å². The Morgan fingerprint density at radius 3 is 2.42 bits per heavy atom. The molecule has 0 saturated carbocycles. The summed E-state index contributed by atoms with van der Waals surface area (Å²) in [5, 5.41) is 11.1. The molecular formula is C15H12Br2N2O7. The molecule has 1 aromatic rings. The van der Waals surface area contributed by atoms with Crippen molar-refractivity contribution < 1.29 is 33.8 Å². The highest BCUT2D eigenvalue weighted by Gasteiger charge is 2.34. The standard InChI is InChI=1S/C15H12Br2N2O7/c1-25-12(22)6-26-13-8(16)2-7(3-9(13)17)4-10-14(23)19(5-11(20)21)15(24)18-10/h2-4H,5-6H2,1H3,(H,18,24)(H,20,21)/b10-4+. The van der Waals surface area contributed by atoms with Gasteiger partial charge in [-0.25, -0.2) is 14.5 Å². The topological polar surface area (TPSA) is 122 Å². The number of nitrogens with zero attached hydrogens (tertiary/aromatic N) is 1. The molecule has 11 heteroatoms. The van der Waals surface area contributed by atoms with E-state index < -0.39 is 30.4 Å². The van der Waals surface area contributed by atoms with Crippen molar-refractivity contribution in [1.29, 1.82) is 0 Å². The van der Waals surface area contributed by atoms with Crippen LogP contribution in [-0.2, 0) is 19.1 Å². The molecule has 1 aromatic carbocycles. The summed E-state index contributed by atoms with van der Waals surface area (Å²) in [5.74, 6) is -2.23. The highest BCUT2D eigenvalue weighted by atomic mass is 79.9. The molecule has 2 rings (SSSR count). The zero-order valence-electron chi connectivity index (χ0n) is 13.2. The van der Waals surface area contributed by atoms with E-state index in [0.717, 1.165) is 0 Å². The number of aliphatic carboxylic acids is 1. The van der Waals surface area contributed by atoms with E-state index in [1.54, 1.807) is 12.1 Å². The predicted octanol–water partition coefficient (Wildman–Crippen LogP) is 1.74. The highest BCUT2D eigenvalue weighted by molar-refractivity contribution is 9.11. The fourth-order valence-corrected chi connectivity index (χ4v) is 3.46. The molecule has 1 aliphatic rings. The van der Waals surface area contributed by atoms with Gasteiger partial charge in [0.05, 0.1) is 16.1 Å². The normalized spacial score (nSPS) is 15.2. The van der Waals surface area contributed by atoms with Gasteiger partial charge in [0.1, 0.15) is 18.0 Å². The van der Waals surface area contributed by atoms with Crippen LogP contribution < -0.4 is 10.1 Å². The van der Waals surface area contributed by atoms with E-state index in [2.05, 4.69) is 41.9 Å². The zero-order chi connectivity index (χ0) is 19.4. The maximum absolute atomic E-state index is 12.1. The Balaban J connectivity index is 2.23. The number of benzene rings is 1. The number of carbonyl (C=O) groups excluding carboxylic acids is 3. The van der Waals surface area contributed by atoms with Gasteiger partial charge < -0.3 is 19.9 Å². The summed E-state index contributed by atoms with van der Waals surface area (Å²) in [6, 6.07) is 2.40. The van der Waals surface area contributed by atoms with Crippen molar-refractivity contribution in [2.45, 2.75) is 0 Å². The van der Waals surface area contributed by atoms with Crippen LogP contribution in [0.2, 0.25) is 0 Å². The van der Waals surface area contributed by atoms with Crippen molar-refractivity contribution in [3.05, 3.63) is 32.3 Å². The lowest BCUT2D eigenvalue weighted by molar-refractivity contribution is -0.143. The van der Waals surface area contributed by atoms with Crippen LogP contribution in [0, 0.1) is 0 Å². The molecule has 2 N–H and O–H groups in total. The molecule has 0 radical (unpaired) electrons. The van der Waals surface area contributed by atoms with E-state index in [9.17, 15) is 19.2 Å². The number of hydrogen-bond donors (Lipinski definition) is 2. The number of rotatable bonds is 6. The maximum Gasteiger partial charge on any atom is 0.343 e. The second-order valence-corrected chi connectivity index (χ2v) is 6.66. The van der Waals surface area contributed by atoms with Gasteiger partial charge in [0, 0.05) is 0 Å². The van der Waals surface area contributed by atoms with E-state index in [1.807, 2.05) is 0 Å². The second-order valence-electron chi connectivity index (χ2n) is 4.95. The molecule has 0 aromatic heterocycles. The lowest BCUT2D eigenvalue weighted by Gasteiger charge is -2.10. The van der Waals surface area contributed by atoms with E-state index in [-0.39, 0.29) is 12.3 Å².